The first kappa shape index (κ1) is 26.3. The fourth-order valence-electron chi connectivity index (χ4n) is 8.41. The standard InChI is InChI=1S/C18H30.C7H16.C5H12/c1-5-11-12(6-2)16-8-15(11)17-13-7-14(18(16)17)10(4)9(13)3;1-4-6-7(3)5-2;1-4-5(2)3/h9-18H,5-8H2,1-4H3;7H,4-6H2,1-3H3;5H,4H2,1-3H3. The Morgan fingerprint density at radius 2 is 1.03 bits per heavy atom. The minimum Gasteiger partial charge on any atom is -0.0654 e. The van der Waals surface area contributed by atoms with Gasteiger partial charge in [-0.15, -0.1) is 0 Å². The normalized spacial score (nSPS) is 43.7. The summed E-state index contributed by atoms with van der Waals surface area (Å²) in [4.78, 5) is 0. The second kappa shape index (κ2) is 11.7. The predicted molar refractivity (Wildman–Crippen MR) is 136 cm³/mol. The Morgan fingerprint density at radius 1 is 0.633 bits per heavy atom. The molecule has 0 aromatic carbocycles. The van der Waals surface area contributed by atoms with Crippen molar-refractivity contribution in [3.8, 4) is 0 Å². The van der Waals surface area contributed by atoms with Gasteiger partial charge in [-0.25, -0.2) is 0 Å². The zero-order valence-electron chi connectivity index (χ0n) is 22.6. The molecule has 4 rings (SSSR count). The summed E-state index contributed by atoms with van der Waals surface area (Å²) in [5.74, 6) is 13.0. The molecule has 0 N–H and O–H groups in total. The third-order valence-corrected chi connectivity index (χ3v) is 10.6. The lowest BCUT2D eigenvalue weighted by Crippen LogP contribution is -2.42. The summed E-state index contributed by atoms with van der Waals surface area (Å²) in [6.45, 7) is 23.5. The highest BCUT2D eigenvalue weighted by molar-refractivity contribution is 5.15. The molecule has 0 heteroatoms. The smallest absolute Gasteiger partial charge is 0.0318 e. The van der Waals surface area contributed by atoms with E-state index in [1.165, 1.54) is 50.4 Å². The van der Waals surface area contributed by atoms with Gasteiger partial charge in [0.1, 0.15) is 0 Å². The van der Waals surface area contributed by atoms with E-state index in [-0.39, 0.29) is 0 Å². The van der Waals surface area contributed by atoms with Gasteiger partial charge in [0.25, 0.3) is 0 Å². The SMILES string of the molecule is CCC(C)C.CCC1C(CC)C2CC1C1C3CC(C(C)C3C)C21.CCCC(C)CC. The van der Waals surface area contributed by atoms with E-state index in [0.717, 1.165) is 59.2 Å². The highest BCUT2D eigenvalue weighted by Gasteiger charge is 2.67. The van der Waals surface area contributed by atoms with Crippen LogP contribution < -0.4 is 0 Å². The van der Waals surface area contributed by atoms with E-state index in [1.807, 2.05) is 0 Å². The van der Waals surface area contributed by atoms with Crippen LogP contribution in [-0.4, -0.2) is 0 Å². The van der Waals surface area contributed by atoms with E-state index in [0.29, 0.717) is 0 Å². The lowest BCUT2D eigenvalue weighted by Gasteiger charge is -2.46. The largest absolute Gasteiger partial charge is 0.0654 e. The highest BCUT2D eigenvalue weighted by Crippen LogP contribution is 2.73. The topological polar surface area (TPSA) is 0 Å². The molecule has 4 saturated carbocycles. The molecular weight excluding hydrogens is 360 g/mol. The van der Waals surface area contributed by atoms with Gasteiger partial charge in [0.2, 0.25) is 0 Å². The Balaban J connectivity index is 0.000000224. The number of hydrogen-bond acceptors (Lipinski definition) is 0. The van der Waals surface area contributed by atoms with Crippen molar-refractivity contribution in [3.05, 3.63) is 0 Å². The number of fused-ring (bicyclic) bond motifs is 9. The van der Waals surface area contributed by atoms with Crippen LogP contribution >= 0.6 is 0 Å². The van der Waals surface area contributed by atoms with Crippen LogP contribution in [0.5, 0.6) is 0 Å². The fourth-order valence-corrected chi connectivity index (χ4v) is 8.41. The Hall–Kier alpha value is 0. The first-order valence-electron chi connectivity index (χ1n) is 14.3. The molecule has 4 aliphatic carbocycles. The van der Waals surface area contributed by atoms with Gasteiger partial charge in [-0.3, -0.25) is 0 Å². The molecule has 4 bridgehead atoms. The molecule has 4 aliphatic rings. The van der Waals surface area contributed by atoms with Crippen molar-refractivity contribution in [2.75, 3.05) is 0 Å². The van der Waals surface area contributed by atoms with Crippen LogP contribution in [0.3, 0.4) is 0 Å². The molecule has 11 unspecified atom stereocenters. The minimum absolute atomic E-state index is 0.884. The average molecular weight is 419 g/mol. The van der Waals surface area contributed by atoms with E-state index < -0.39 is 0 Å². The van der Waals surface area contributed by atoms with Gasteiger partial charge in [0.15, 0.2) is 0 Å². The van der Waals surface area contributed by atoms with Gasteiger partial charge < -0.3 is 0 Å². The maximum Gasteiger partial charge on any atom is -0.0318 e. The Morgan fingerprint density at radius 3 is 1.30 bits per heavy atom. The maximum absolute atomic E-state index is 2.57. The molecule has 4 fully saturated rings. The monoisotopic (exact) mass is 418 g/mol. The number of hydrogen-bond donors (Lipinski definition) is 0. The first-order valence-corrected chi connectivity index (χ1v) is 14.3. The lowest BCUT2D eigenvalue weighted by atomic mass is 9.58. The van der Waals surface area contributed by atoms with E-state index >= 15 is 0 Å². The van der Waals surface area contributed by atoms with Gasteiger partial charge in [0.05, 0.1) is 0 Å². The van der Waals surface area contributed by atoms with Crippen molar-refractivity contribution in [2.24, 2.45) is 71.0 Å². The van der Waals surface area contributed by atoms with Crippen molar-refractivity contribution < 1.29 is 0 Å². The second-order valence-electron chi connectivity index (χ2n) is 12.2. The Kier molecular flexibility index (Phi) is 10.3. The summed E-state index contributed by atoms with van der Waals surface area (Å²) in [7, 11) is 0. The van der Waals surface area contributed by atoms with Crippen LogP contribution in [0.2, 0.25) is 0 Å². The van der Waals surface area contributed by atoms with E-state index in [9.17, 15) is 0 Å². The van der Waals surface area contributed by atoms with E-state index in [4.69, 9.17) is 0 Å². The third kappa shape index (κ3) is 5.14. The van der Waals surface area contributed by atoms with Crippen LogP contribution in [0, 0.1) is 71.0 Å². The average Bonchev–Trinajstić information content (AvgIpc) is 3.47. The molecule has 0 nitrogen and oxygen atoms in total. The van der Waals surface area contributed by atoms with Crippen molar-refractivity contribution in [3.63, 3.8) is 0 Å². The molecular formula is C30H58. The van der Waals surface area contributed by atoms with Gasteiger partial charge >= 0.3 is 0 Å². The minimum atomic E-state index is 0.884. The van der Waals surface area contributed by atoms with Crippen molar-refractivity contribution >= 4 is 0 Å². The zero-order valence-corrected chi connectivity index (χ0v) is 22.6. The van der Waals surface area contributed by atoms with E-state index in [1.54, 1.807) is 12.8 Å². The van der Waals surface area contributed by atoms with Crippen molar-refractivity contribution in [1.29, 1.82) is 0 Å². The molecule has 0 aromatic heterocycles. The molecule has 0 aliphatic heterocycles. The third-order valence-electron chi connectivity index (χ3n) is 10.6. The summed E-state index contributed by atoms with van der Waals surface area (Å²) in [5, 5.41) is 0. The van der Waals surface area contributed by atoms with Crippen LogP contribution in [-0.2, 0) is 0 Å². The summed E-state index contributed by atoms with van der Waals surface area (Å²) in [6.07, 6.45) is 11.5. The molecule has 0 spiro atoms. The molecule has 0 saturated heterocycles. The van der Waals surface area contributed by atoms with Crippen molar-refractivity contribution in [1.82, 2.24) is 0 Å². The summed E-state index contributed by atoms with van der Waals surface area (Å²) in [5.41, 5.74) is 0. The zero-order chi connectivity index (χ0) is 22.6. The van der Waals surface area contributed by atoms with E-state index in [2.05, 4.69) is 69.2 Å². The quantitative estimate of drug-likeness (QED) is 0.376. The summed E-state index contributed by atoms with van der Waals surface area (Å²) >= 11 is 0. The molecule has 0 radical (unpaired) electrons. The van der Waals surface area contributed by atoms with Crippen molar-refractivity contribution in [2.45, 2.75) is 121 Å². The number of rotatable bonds is 6. The molecule has 178 valence electrons. The van der Waals surface area contributed by atoms with Crippen LogP contribution in [0.25, 0.3) is 0 Å². The molecule has 30 heavy (non-hydrogen) atoms. The predicted octanol–water partition coefficient (Wildman–Crippen LogP) is 9.73. The summed E-state index contributed by atoms with van der Waals surface area (Å²) < 4.78 is 0. The molecule has 0 amide bonds. The molecule has 11 atom stereocenters. The Labute approximate surface area is 191 Å². The maximum atomic E-state index is 2.57. The fraction of sp³-hybridized carbons (Fsp3) is 1.00. The van der Waals surface area contributed by atoms with Crippen LogP contribution in [0.1, 0.15) is 121 Å². The molecule has 0 aromatic rings. The van der Waals surface area contributed by atoms with Gasteiger partial charge in [-0.05, 0) is 83.9 Å². The van der Waals surface area contributed by atoms with Gasteiger partial charge in [-0.1, -0.05) is 108 Å². The van der Waals surface area contributed by atoms with Crippen LogP contribution in [0.4, 0.5) is 0 Å². The van der Waals surface area contributed by atoms with Gasteiger partial charge in [-0.2, -0.15) is 0 Å². The lowest BCUT2D eigenvalue weighted by molar-refractivity contribution is 0.0108. The van der Waals surface area contributed by atoms with Crippen LogP contribution in [0.15, 0.2) is 0 Å². The second-order valence-corrected chi connectivity index (χ2v) is 12.2. The summed E-state index contributed by atoms with van der Waals surface area (Å²) in [6, 6.07) is 0. The molecule has 0 heterocycles. The Bertz CT molecular complexity index is 446. The highest BCUT2D eigenvalue weighted by atomic mass is 14.7. The van der Waals surface area contributed by atoms with Gasteiger partial charge in [0, 0.05) is 0 Å². The first-order chi connectivity index (χ1) is 14.3.